The molecule has 0 radical (unpaired) electrons. The number of rotatable bonds is 9. The second-order valence-corrected chi connectivity index (χ2v) is 4.24. The zero-order chi connectivity index (χ0) is 12.5. The molecule has 0 fully saturated rings. The van der Waals surface area contributed by atoms with E-state index in [9.17, 15) is 0 Å². The molecule has 0 spiro atoms. The van der Waals surface area contributed by atoms with Crippen LogP contribution in [0.1, 0.15) is 78.6 Å². The Kier molecular flexibility index (Phi) is 22.3. The van der Waals surface area contributed by atoms with Gasteiger partial charge in [-0.1, -0.05) is 70.1 Å². The zero-order valence-electron chi connectivity index (χ0n) is 11.8. The van der Waals surface area contributed by atoms with Crippen molar-refractivity contribution in [2.75, 3.05) is 0 Å². The average molecular weight is 224 g/mol. The molecule has 0 bridgehead atoms. The highest BCUT2D eigenvalue weighted by atomic mass is 14.0. The van der Waals surface area contributed by atoms with Gasteiger partial charge in [-0.3, -0.25) is 0 Å². The van der Waals surface area contributed by atoms with Crippen molar-refractivity contribution >= 4 is 0 Å². The van der Waals surface area contributed by atoms with Gasteiger partial charge in [-0.05, 0) is 26.7 Å². The van der Waals surface area contributed by atoms with Gasteiger partial charge in [0.25, 0.3) is 0 Å². The third kappa shape index (κ3) is 23.4. The van der Waals surface area contributed by atoms with Crippen LogP contribution in [-0.4, -0.2) is 0 Å². The van der Waals surface area contributed by atoms with Crippen LogP contribution < -0.4 is 0 Å². The lowest BCUT2D eigenvalue weighted by Crippen LogP contribution is -1.79. The Balaban J connectivity index is 0. The highest BCUT2D eigenvalue weighted by molar-refractivity contribution is 4.76. The number of allylic oxidation sites excluding steroid dienone is 3. The van der Waals surface area contributed by atoms with Crippen molar-refractivity contribution in [1.29, 1.82) is 0 Å². The van der Waals surface area contributed by atoms with E-state index in [0.29, 0.717) is 0 Å². The second kappa shape index (κ2) is 20.0. The summed E-state index contributed by atoms with van der Waals surface area (Å²) in [5, 5.41) is 0. The monoisotopic (exact) mass is 224 g/mol. The van der Waals surface area contributed by atoms with Crippen LogP contribution >= 0.6 is 0 Å². The first-order chi connectivity index (χ1) is 7.83. The molecule has 0 unspecified atom stereocenters. The molecule has 0 heterocycles. The maximum absolute atomic E-state index is 3.36. The number of unbranched alkanes of at least 4 members (excludes halogenated alkanes) is 8. The summed E-state index contributed by atoms with van der Waals surface area (Å²) in [6, 6.07) is 0. The average Bonchev–Trinajstić information content (AvgIpc) is 2.28. The van der Waals surface area contributed by atoms with Crippen molar-refractivity contribution < 1.29 is 0 Å². The fraction of sp³-hybridized carbons (Fsp3) is 0.750. The minimum absolute atomic E-state index is 1.28. The molecule has 0 amide bonds. The van der Waals surface area contributed by atoms with E-state index >= 15 is 0 Å². The van der Waals surface area contributed by atoms with E-state index in [1.807, 2.05) is 6.92 Å². The van der Waals surface area contributed by atoms with Crippen molar-refractivity contribution in [2.24, 2.45) is 0 Å². The first kappa shape index (κ1) is 17.9. The highest BCUT2D eigenvalue weighted by Crippen LogP contribution is 2.09. The molecule has 0 heteroatoms. The number of hydrogen-bond acceptors (Lipinski definition) is 0. The summed E-state index contributed by atoms with van der Waals surface area (Å²) in [4.78, 5) is 0. The minimum Gasteiger partial charge on any atom is -0.103 e. The molecule has 0 saturated carbocycles. The first-order valence-electron chi connectivity index (χ1n) is 7.01. The van der Waals surface area contributed by atoms with Crippen molar-refractivity contribution in [1.82, 2.24) is 0 Å². The molecule has 0 saturated heterocycles. The lowest BCUT2D eigenvalue weighted by atomic mass is 10.1. The second-order valence-electron chi connectivity index (χ2n) is 4.24. The SMILES string of the molecule is C=CC.CC=CCCCCCCCCCC. The molecule has 0 aliphatic heterocycles. The van der Waals surface area contributed by atoms with Crippen LogP contribution in [0.5, 0.6) is 0 Å². The largest absolute Gasteiger partial charge is 0.103 e. The maximum atomic E-state index is 3.36. The molecular formula is C16H32. The topological polar surface area (TPSA) is 0 Å². The van der Waals surface area contributed by atoms with E-state index in [1.165, 1.54) is 57.8 Å². The Morgan fingerprint density at radius 3 is 1.69 bits per heavy atom. The van der Waals surface area contributed by atoms with Gasteiger partial charge in [0.1, 0.15) is 0 Å². The van der Waals surface area contributed by atoms with E-state index in [1.54, 1.807) is 6.08 Å². The van der Waals surface area contributed by atoms with E-state index in [2.05, 4.69) is 32.6 Å². The summed E-state index contributed by atoms with van der Waals surface area (Å²) < 4.78 is 0. The van der Waals surface area contributed by atoms with Crippen LogP contribution in [0.25, 0.3) is 0 Å². The minimum atomic E-state index is 1.28. The Hall–Kier alpha value is -0.520. The van der Waals surface area contributed by atoms with Gasteiger partial charge in [0.15, 0.2) is 0 Å². The van der Waals surface area contributed by atoms with Gasteiger partial charge in [0, 0.05) is 0 Å². The van der Waals surface area contributed by atoms with Crippen LogP contribution in [0.15, 0.2) is 24.8 Å². The summed E-state index contributed by atoms with van der Waals surface area (Å²) in [6.45, 7) is 9.63. The van der Waals surface area contributed by atoms with E-state index in [4.69, 9.17) is 0 Å². The zero-order valence-corrected chi connectivity index (χ0v) is 11.8. The Morgan fingerprint density at radius 1 is 0.812 bits per heavy atom. The third-order valence-electron chi connectivity index (χ3n) is 2.46. The predicted octanol–water partition coefficient (Wildman–Crippen LogP) is 6.29. The molecule has 0 rings (SSSR count). The summed E-state index contributed by atoms with van der Waals surface area (Å²) in [5.41, 5.74) is 0. The van der Waals surface area contributed by atoms with Crippen molar-refractivity contribution in [2.45, 2.75) is 78.6 Å². The molecule has 0 aromatic rings. The van der Waals surface area contributed by atoms with Gasteiger partial charge in [-0.25, -0.2) is 0 Å². The van der Waals surface area contributed by atoms with Gasteiger partial charge in [0.05, 0.1) is 0 Å². The molecule has 0 nitrogen and oxygen atoms in total. The molecule has 0 aliphatic rings. The summed E-state index contributed by atoms with van der Waals surface area (Å²) in [6.07, 6.45) is 18.9. The van der Waals surface area contributed by atoms with E-state index in [0.717, 1.165) is 0 Å². The molecule has 96 valence electrons. The maximum Gasteiger partial charge on any atom is -0.0351 e. The molecule has 0 atom stereocenters. The van der Waals surface area contributed by atoms with Crippen LogP contribution in [0, 0.1) is 0 Å². The van der Waals surface area contributed by atoms with Crippen LogP contribution in [0.2, 0.25) is 0 Å². The lowest BCUT2D eigenvalue weighted by Gasteiger charge is -1.99. The van der Waals surface area contributed by atoms with Gasteiger partial charge < -0.3 is 0 Å². The van der Waals surface area contributed by atoms with Gasteiger partial charge in [0.2, 0.25) is 0 Å². The Bertz CT molecular complexity index is 133. The third-order valence-corrected chi connectivity index (χ3v) is 2.46. The molecule has 0 aliphatic carbocycles. The standard InChI is InChI=1S/C13H26.C3H6/c1-3-5-7-9-11-13-12-10-8-6-4-2;1-3-2/h3,5H,4,6-13H2,1-2H3;3H,1H2,2H3. The first-order valence-corrected chi connectivity index (χ1v) is 7.01. The summed E-state index contributed by atoms with van der Waals surface area (Å²) in [7, 11) is 0. The fourth-order valence-electron chi connectivity index (χ4n) is 1.56. The van der Waals surface area contributed by atoms with Crippen molar-refractivity contribution in [3.8, 4) is 0 Å². The predicted molar refractivity (Wildman–Crippen MR) is 77.9 cm³/mol. The fourth-order valence-corrected chi connectivity index (χ4v) is 1.56. The normalized spacial score (nSPS) is 9.94. The molecule has 16 heavy (non-hydrogen) atoms. The Morgan fingerprint density at radius 2 is 1.25 bits per heavy atom. The summed E-state index contributed by atoms with van der Waals surface area (Å²) in [5.74, 6) is 0. The van der Waals surface area contributed by atoms with Gasteiger partial charge in [-0.2, -0.15) is 0 Å². The van der Waals surface area contributed by atoms with E-state index in [-0.39, 0.29) is 0 Å². The van der Waals surface area contributed by atoms with Crippen LogP contribution in [0.4, 0.5) is 0 Å². The van der Waals surface area contributed by atoms with Gasteiger partial charge >= 0.3 is 0 Å². The van der Waals surface area contributed by atoms with Crippen molar-refractivity contribution in [3.05, 3.63) is 24.8 Å². The Labute approximate surface area is 104 Å². The molecule has 0 aromatic carbocycles. The lowest BCUT2D eigenvalue weighted by molar-refractivity contribution is 0.577. The smallest absolute Gasteiger partial charge is 0.0351 e. The highest BCUT2D eigenvalue weighted by Gasteiger charge is 1.89. The van der Waals surface area contributed by atoms with Crippen molar-refractivity contribution in [3.63, 3.8) is 0 Å². The van der Waals surface area contributed by atoms with Gasteiger partial charge in [-0.15, -0.1) is 6.58 Å². The van der Waals surface area contributed by atoms with Crippen LogP contribution in [0.3, 0.4) is 0 Å². The summed E-state index contributed by atoms with van der Waals surface area (Å²) >= 11 is 0. The molecule has 0 N–H and O–H groups in total. The molecule has 0 aromatic heterocycles. The number of hydrogen-bond donors (Lipinski definition) is 0. The van der Waals surface area contributed by atoms with E-state index < -0.39 is 0 Å². The van der Waals surface area contributed by atoms with Crippen LogP contribution in [-0.2, 0) is 0 Å². The quantitative estimate of drug-likeness (QED) is 0.319. The molecular weight excluding hydrogens is 192 g/mol.